The van der Waals surface area contributed by atoms with Crippen molar-refractivity contribution in [2.75, 3.05) is 11.9 Å². The van der Waals surface area contributed by atoms with Crippen molar-refractivity contribution in [1.82, 2.24) is 4.98 Å². The number of primary amides is 1. The number of nitrogens with two attached hydrogens (primary N) is 1. The molecule has 0 bridgehead atoms. The van der Waals surface area contributed by atoms with E-state index in [1.165, 1.54) is 25.3 Å². The van der Waals surface area contributed by atoms with E-state index in [1.807, 2.05) is 0 Å². The van der Waals surface area contributed by atoms with Crippen molar-refractivity contribution in [3.05, 3.63) is 89.0 Å². The second kappa shape index (κ2) is 9.28. The summed E-state index contributed by atoms with van der Waals surface area (Å²) >= 11 is 0. The normalized spacial score (nSPS) is 17.4. The number of fused-ring (bicyclic) bond motifs is 4. The van der Waals surface area contributed by atoms with Crippen LogP contribution in [0.5, 0.6) is 0 Å². The van der Waals surface area contributed by atoms with Gasteiger partial charge in [0.15, 0.2) is 11.5 Å². The van der Waals surface area contributed by atoms with Crippen molar-refractivity contribution in [2.45, 2.75) is 26.4 Å². The van der Waals surface area contributed by atoms with Crippen LogP contribution < -0.4 is 10.6 Å². The van der Waals surface area contributed by atoms with E-state index >= 15 is 4.39 Å². The van der Waals surface area contributed by atoms with Gasteiger partial charge in [0.1, 0.15) is 17.4 Å². The van der Waals surface area contributed by atoms with Gasteiger partial charge in [-0.05, 0) is 56.2 Å². The molecular formula is C32H27F2N4O4+. The molecule has 0 spiro atoms. The number of nitrogens with one attached hydrogen (secondary N) is 1. The fourth-order valence-corrected chi connectivity index (χ4v) is 5.88. The number of aromatic amines is 1. The molecule has 10 heteroatoms. The molecule has 3 aromatic carbocycles. The summed E-state index contributed by atoms with van der Waals surface area (Å²) in [5, 5.41) is 11.5. The molecule has 4 aromatic rings. The molecule has 1 atom stereocenters. The standard InChI is InChI=1S/C32H26F2N4O4/c1-15-17(7-6-10-24(15)38-30(40)19-8-5-9-21(33)28(19)37(4)31(38)41)25-22(34)14-20(29(35)39)27-26(25)18-12-11-16(32(2,3)42)13-23(18)36-27/h5-14,19,42H,1-4H3,(H2-,35,36,39)/p+1. The number of nitrogens with zero attached hydrogens (tertiary/aromatic N) is 2. The van der Waals surface area contributed by atoms with Crippen molar-refractivity contribution >= 4 is 51.1 Å². The molecule has 212 valence electrons. The van der Waals surface area contributed by atoms with Crippen molar-refractivity contribution in [3.63, 3.8) is 0 Å². The Hall–Kier alpha value is -4.96. The fourth-order valence-electron chi connectivity index (χ4n) is 5.88. The first-order valence-corrected chi connectivity index (χ1v) is 13.2. The topological polar surface area (TPSA) is 120 Å². The monoisotopic (exact) mass is 569 g/mol. The maximum atomic E-state index is 16.1. The van der Waals surface area contributed by atoms with Gasteiger partial charge in [0, 0.05) is 27.4 Å². The Morgan fingerprint density at radius 3 is 2.57 bits per heavy atom. The number of aromatic nitrogens is 1. The molecule has 42 heavy (non-hydrogen) atoms. The van der Waals surface area contributed by atoms with E-state index in [2.05, 4.69) is 4.98 Å². The number of H-pyrrole nitrogens is 1. The van der Waals surface area contributed by atoms with Crippen LogP contribution in [-0.4, -0.2) is 45.3 Å². The van der Waals surface area contributed by atoms with Gasteiger partial charge in [-0.15, -0.1) is 4.90 Å². The van der Waals surface area contributed by atoms with Gasteiger partial charge in [-0.2, -0.15) is 9.37 Å². The number of hydrogen-bond acceptors (Lipinski definition) is 4. The molecule has 8 nitrogen and oxygen atoms in total. The van der Waals surface area contributed by atoms with E-state index in [1.54, 1.807) is 57.2 Å². The molecule has 0 fully saturated rings. The van der Waals surface area contributed by atoms with E-state index < -0.39 is 41.0 Å². The predicted molar refractivity (Wildman–Crippen MR) is 156 cm³/mol. The predicted octanol–water partition coefficient (Wildman–Crippen LogP) is 5.35. The summed E-state index contributed by atoms with van der Waals surface area (Å²) in [7, 11) is 1.40. The molecule has 6 rings (SSSR count). The zero-order chi connectivity index (χ0) is 30.2. The van der Waals surface area contributed by atoms with E-state index in [9.17, 15) is 23.9 Å². The zero-order valence-electron chi connectivity index (χ0n) is 23.3. The van der Waals surface area contributed by atoms with E-state index in [-0.39, 0.29) is 22.5 Å². The first kappa shape index (κ1) is 27.2. The highest BCUT2D eigenvalue weighted by Crippen LogP contribution is 2.42. The number of rotatable bonds is 4. The summed E-state index contributed by atoms with van der Waals surface area (Å²) in [6.07, 6.45) is 4.15. The summed E-state index contributed by atoms with van der Waals surface area (Å²) in [5.74, 6) is -3.85. The molecule has 1 aliphatic carbocycles. The van der Waals surface area contributed by atoms with Gasteiger partial charge in [0.25, 0.3) is 5.91 Å². The Bertz CT molecular complexity index is 2000. The minimum absolute atomic E-state index is 0.0310. The van der Waals surface area contributed by atoms with Gasteiger partial charge in [-0.1, -0.05) is 36.4 Å². The smallest absolute Gasteiger partial charge is 0.386 e. The lowest BCUT2D eigenvalue weighted by molar-refractivity contribution is -0.395. The number of allylic oxidation sites excluding steroid dienone is 3. The van der Waals surface area contributed by atoms with E-state index in [4.69, 9.17) is 5.73 Å². The number of urea groups is 1. The highest BCUT2D eigenvalue weighted by atomic mass is 19.1. The lowest BCUT2D eigenvalue weighted by atomic mass is 9.90. The van der Waals surface area contributed by atoms with Crippen molar-refractivity contribution < 1.29 is 32.8 Å². The highest BCUT2D eigenvalue weighted by molar-refractivity contribution is 6.27. The number of carbonyl (C=O) groups is 3. The first-order valence-electron chi connectivity index (χ1n) is 13.2. The SMILES string of the molecule is Cc1c(-c2c(F)cc(C(N)=O)c3[nH]c4cc(C(C)(C)O)ccc4c23)cccc1N1C(=O)C2C=CC=C(F)C2=[N+](C)C1=O. The second-order valence-electron chi connectivity index (χ2n) is 11.1. The van der Waals surface area contributed by atoms with Crippen LogP contribution in [0.1, 0.15) is 35.3 Å². The van der Waals surface area contributed by atoms with Crippen molar-refractivity contribution in [3.8, 4) is 11.1 Å². The van der Waals surface area contributed by atoms with Crippen molar-refractivity contribution in [1.29, 1.82) is 0 Å². The average Bonchev–Trinajstić information content (AvgIpc) is 3.30. The second-order valence-corrected chi connectivity index (χ2v) is 11.1. The van der Waals surface area contributed by atoms with Gasteiger partial charge < -0.3 is 15.8 Å². The first-order chi connectivity index (χ1) is 19.8. The molecule has 2 heterocycles. The number of benzene rings is 3. The van der Waals surface area contributed by atoms with Gasteiger partial charge >= 0.3 is 11.9 Å². The Kier molecular flexibility index (Phi) is 6.02. The van der Waals surface area contributed by atoms with Crippen LogP contribution in [0.15, 0.2) is 66.5 Å². The lowest BCUT2D eigenvalue weighted by Crippen LogP contribution is -2.54. The Morgan fingerprint density at radius 1 is 1.14 bits per heavy atom. The molecule has 1 aliphatic heterocycles. The summed E-state index contributed by atoms with van der Waals surface area (Å²) < 4.78 is 31.8. The Balaban J connectivity index is 1.61. The van der Waals surface area contributed by atoms with Crippen LogP contribution in [0.2, 0.25) is 0 Å². The van der Waals surface area contributed by atoms with Gasteiger partial charge in [0.2, 0.25) is 0 Å². The molecule has 0 saturated carbocycles. The summed E-state index contributed by atoms with van der Waals surface area (Å²) in [6, 6.07) is 10.3. The summed E-state index contributed by atoms with van der Waals surface area (Å²) in [5.41, 5.74) is 7.01. The number of imide groups is 1. The van der Waals surface area contributed by atoms with Crippen LogP contribution in [0.4, 0.5) is 19.3 Å². The molecule has 0 radical (unpaired) electrons. The number of amides is 4. The Morgan fingerprint density at radius 2 is 1.88 bits per heavy atom. The van der Waals surface area contributed by atoms with Crippen LogP contribution in [-0.2, 0) is 10.4 Å². The molecule has 4 N–H and O–H groups in total. The number of carbonyl (C=O) groups excluding carboxylic acids is 3. The van der Waals surface area contributed by atoms with Gasteiger partial charge in [-0.3, -0.25) is 4.79 Å². The van der Waals surface area contributed by atoms with Crippen LogP contribution in [0.3, 0.4) is 0 Å². The summed E-state index contributed by atoms with van der Waals surface area (Å²) in [6.45, 7) is 4.94. The summed E-state index contributed by atoms with van der Waals surface area (Å²) in [4.78, 5) is 43.5. The highest BCUT2D eigenvalue weighted by Gasteiger charge is 2.49. The van der Waals surface area contributed by atoms with Gasteiger partial charge in [0.05, 0.1) is 23.7 Å². The van der Waals surface area contributed by atoms with Crippen LogP contribution >= 0.6 is 0 Å². The van der Waals surface area contributed by atoms with Crippen LogP contribution in [0.25, 0.3) is 32.9 Å². The molecule has 2 aliphatic rings. The molecule has 0 saturated heterocycles. The van der Waals surface area contributed by atoms with Crippen molar-refractivity contribution in [2.24, 2.45) is 11.7 Å². The third-order valence-corrected chi connectivity index (χ3v) is 8.03. The quantitative estimate of drug-likeness (QED) is 0.287. The maximum absolute atomic E-state index is 16.1. The third kappa shape index (κ3) is 3.90. The number of aliphatic hydroxyl groups is 1. The fraction of sp³-hybridized carbons (Fsp3) is 0.188. The Labute approximate surface area is 239 Å². The zero-order valence-corrected chi connectivity index (χ0v) is 23.3. The number of anilines is 1. The third-order valence-electron chi connectivity index (χ3n) is 8.03. The van der Waals surface area contributed by atoms with Crippen LogP contribution in [0, 0.1) is 18.7 Å². The van der Waals surface area contributed by atoms with Gasteiger partial charge in [-0.25, -0.2) is 13.6 Å². The molecule has 1 aromatic heterocycles. The maximum Gasteiger partial charge on any atom is 0.506 e. The lowest BCUT2D eigenvalue weighted by Gasteiger charge is -2.27. The van der Waals surface area contributed by atoms with E-state index in [0.29, 0.717) is 38.5 Å². The largest absolute Gasteiger partial charge is 0.506 e. The molecule has 4 amide bonds. The minimum Gasteiger partial charge on any atom is -0.386 e. The molecule has 1 unspecified atom stereocenters. The number of hydrogen-bond donors (Lipinski definition) is 3. The van der Waals surface area contributed by atoms with E-state index in [0.717, 1.165) is 15.5 Å². The average molecular weight is 570 g/mol. The minimum atomic E-state index is -1.15. The molecular weight excluding hydrogens is 542 g/mol. The number of halogens is 2.